The predicted octanol–water partition coefficient (Wildman–Crippen LogP) is 4.68. The van der Waals surface area contributed by atoms with E-state index in [4.69, 9.17) is 9.47 Å². The lowest BCUT2D eigenvalue weighted by atomic mass is 9.80. The zero-order valence-corrected chi connectivity index (χ0v) is 24.2. The predicted molar refractivity (Wildman–Crippen MR) is 148 cm³/mol. The number of allylic oxidation sites excluding steroid dienone is 2. The maximum absolute atomic E-state index is 14.9. The highest BCUT2D eigenvalue weighted by Gasteiger charge is 2.48. The molecule has 2 aromatic rings. The van der Waals surface area contributed by atoms with E-state index in [0.717, 1.165) is 13.2 Å². The molecule has 42 heavy (non-hydrogen) atoms. The molecule has 1 aliphatic rings. The second-order valence-corrected chi connectivity index (χ2v) is 9.64. The van der Waals surface area contributed by atoms with Gasteiger partial charge in [-0.2, -0.15) is 13.2 Å². The van der Waals surface area contributed by atoms with Crippen LogP contribution in [-0.2, 0) is 25.7 Å². The van der Waals surface area contributed by atoms with Crippen LogP contribution in [0, 0.1) is 5.82 Å². The quantitative estimate of drug-likeness (QED) is 0.247. The van der Waals surface area contributed by atoms with Crippen molar-refractivity contribution in [2.45, 2.75) is 51.6 Å². The molecule has 2 aromatic carbocycles. The number of hydrogen-bond acceptors (Lipinski definition) is 8. The van der Waals surface area contributed by atoms with Gasteiger partial charge in [-0.05, 0) is 30.7 Å². The number of hydrogen-bond donors (Lipinski definition) is 3. The second kappa shape index (κ2) is 15.0. The molecular formula is C29H33ClF4N2O6. The molecule has 0 aliphatic carbocycles. The van der Waals surface area contributed by atoms with Crippen molar-refractivity contribution >= 4 is 24.3 Å². The maximum atomic E-state index is 14.9. The van der Waals surface area contributed by atoms with Gasteiger partial charge in [-0.1, -0.05) is 44.2 Å². The first-order valence-corrected chi connectivity index (χ1v) is 12.8. The number of ether oxygens (including phenoxy) is 3. The van der Waals surface area contributed by atoms with Crippen LogP contribution in [0.5, 0.6) is 5.75 Å². The van der Waals surface area contributed by atoms with Crippen LogP contribution in [0.15, 0.2) is 71.1 Å². The minimum atomic E-state index is -5.03. The van der Waals surface area contributed by atoms with E-state index in [1.807, 2.05) is 13.8 Å². The van der Waals surface area contributed by atoms with Gasteiger partial charge in [0.2, 0.25) is 0 Å². The molecule has 0 amide bonds. The lowest BCUT2D eigenvalue weighted by molar-refractivity contribution is -0.141. The van der Waals surface area contributed by atoms with Crippen molar-refractivity contribution < 1.29 is 46.5 Å². The fraction of sp³-hybridized carbons (Fsp3) is 0.379. The first-order chi connectivity index (χ1) is 19.3. The van der Waals surface area contributed by atoms with Gasteiger partial charge in [0.05, 0.1) is 24.2 Å². The molecule has 13 heteroatoms. The maximum Gasteiger partial charge on any atom is 0.431 e. The Kier molecular flexibility index (Phi) is 12.4. The highest BCUT2D eigenvalue weighted by molar-refractivity contribution is 6.00. The van der Waals surface area contributed by atoms with Crippen molar-refractivity contribution in [3.05, 3.63) is 88.0 Å². The Morgan fingerprint density at radius 1 is 1.05 bits per heavy atom. The fourth-order valence-corrected chi connectivity index (χ4v) is 4.20. The van der Waals surface area contributed by atoms with Crippen LogP contribution >= 0.6 is 12.4 Å². The molecule has 3 rings (SSSR count). The number of aliphatic hydroxyl groups excluding tert-OH is 1. The summed E-state index contributed by atoms with van der Waals surface area (Å²) >= 11 is 0. The van der Waals surface area contributed by atoms with E-state index >= 15 is 0 Å². The van der Waals surface area contributed by atoms with Gasteiger partial charge >= 0.3 is 18.1 Å². The second-order valence-electron chi connectivity index (χ2n) is 9.64. The minimum Gasteiger partial charge on any atom is -0.491 e. The van der Waals surface area contributed by atoms with Crippen molar-refractivity contribution in [2.24, 2.45) is 0 Å². The van der Waals surface area contributed by atoms with Crippen LogP contribution in [0.25, 0.3) is 0 Å². The van der Waals surface area contributed by atoms with Gasteiger partial charge in [0, 0.05) is 23.8 Å². The number of esters is 2. The first-order valence-electron chi connectivity index (χ1n) is 12.8. The summed E-state index contributed by atoms with van der Waals surface area (Å²) in [5, 5.41) is 15.2. The highest BCUT2D eigenvalue weighted by atomic mass is 35.5. The van der Waals surface area contributed by atoms with Crippen molar-refractivity contribution in [1.29, 1.82) is 0 Å². The molecule has 2 unspecified atom stereocenters. The van der Waals surface area contributed by atoms with Crippen molar-refractivity contribution in [2.75, 3.05) is 20.3 Å². The van der Waals surface area contributed by atoms with Gasteiger partial charge in [0.25, 0.3) is 0 Å². The van der Waals surface area contributed by atoms with E-state index in [1.165, 1.54) is 25.1 Å². The summed E-state index contributed by atoms with van der Waals surface area (Å²) in [4.78, 5) is 25.9. The molecule has 0 bridgehead atoms. The Hall–Kier alpha value is -3.61. The van der Waals surface area contributed by atoms with Gasteiger partial charge < -0.3 is 30.0 Å². The van der Waals surface area contributed by atoms with Gasteiger partial charge in [-0.25, -0.2) is 14.0 Å². The molecule has 0 radical (unpaired) electrons. The number of rotatable bonds is 11. The summed E-state index contributed by atoms with van der Waals surface area (Å²) in [5.74, 6) is -4.63. The van der Waals surface area contributed by atoms with Gasteiger partial charge in [-0.3, -0.25) is 0 Å². The van der Waals surface area contributed by atoms with Crippen molar-refractivity contribution in [1.82, 2.24) is 10.6 Å². The standard InChI is InChI=1S/C29H32F4N2O6.ClH/c1-16(2)34-13-19(36)15-40-20-11-9-18(10-12-20)14-41-28(38)23-17(3)35-26(29(31,32)33)25(27(37)39-4)24(23)21-7-5-6-8-22(21)30;/h5-12,16,19,24,34-36H,13-15H2,1-4H3;1H. The normalized spacial score (nSPS) is 16.0. The smallest absolute Gasteiger partial charge is 0.431 e. The van der Waals surface area contributed by atoms with E-state index in [2.05, 4.69) is 15.4 Å². The van der Waals surface area contributed by atoms with Crippen LogP contribution in [0.3, 0.4) is 0 Å². The SMILES string of the molecule is COC(=O)C1=C(C(F)(F)F)NC(C)=C(C(=O)OCc2ccc(OCC(O)CNC(C)C)cc2)C1c1ccccc1F.Cl. The van der Waals surface area contributed by atoms with Crippen molar-refractivity contribution in [3.8, 4) is 5.75 Å². The Balaban J connectivity index is 0.00000616. The Bertz CT molecular complexity index is 1310. The third kappa shape index (κ3) is 8.70. The topological polar surface area (TPSA) is 106 Å². The monoisotopic (exact) mass is 616 g/mol. The van der Waals surface area contributed by atoms with E-state index in [0.29, 0.717) is 17.9 Å². The van der Waals surface area contributed by atoms with Crippen LogP contribution in [0.2, 0.25) is 0 Å². The molecule has 0 saturated carbocycles. The lowest BCUT2D eigenvalue weighted by Gasteiger charge is -2.32. The number of aliphatic hydroxyl groups is 1. The van der Waals surface area contributed by atoms with E-state index in [1.54, 1.807) is 24.3 Å². The summed E-state index contributed by atoms with van der Waals surface area (Å²) in [6.45, 7) is 5.27. The average Bonchev–Trinajstić information content (AvgIpc) is 2.93. The van der Waals surface area contributed by atoms with Crippen molar-refractivity contribution in [3.63, 3.8) is 0 Å². The first kappa shape index (κ1) is 34.6. The van der Waals surface area contributed by atoms with Crippen LogP contribution < -0.4 is 15.4 Å². The van der Waals surface area contributed by atoms with Gasteiger partial charge in [-0.15, -0.1) is 12.4 Å². The Morgan fingerprint density at radius 3 is 2.26 bits per heavy atom. The molecule has 1 aliphatic heterocycles. The number of alkyl halides is 3. The zero-order chi connectivity index (χ0) is 30.3. The number of halogens is 5. The summed E-state index contributed by atoms with van der Waals surface area (Å²) in [5.41, 5.74) is -2.83. The third-order valence-corrected chi connectivity index (χ3v) is 6.19. The van der Waals surface area contributed by atoms with Crippen LogP contribution in [-0.4, -0.2) is 55.6 Å². The average molecular weight is 617 g/mol. The largest absolute Gasteiger partial charge is 0.491 e. The molecule has 8 nitrogen and oxygen atoms in total. The van der Waals surface area contributed by atoms with Gasteiger partial charge in [0.15, 0.2) is 0 Å². The molecule has 230 valence electrons. The summed E-state index contributed by atoms with van der Waals surface area (Å²) in [6, 6.07) is 11.6. The number of benzene rings is 2. The molecule has 1 heterocycles. The van der Waals surface area contributed by atoms with Crippen LogP contribution in [0.1, 0.15) is 37.8 Å². The highest BCUT2D eigenvalue weighted by Crippen LogP contribution is 2.44. The number of carbonyl (C=O) groups excluding carboxylic acids is 2. The zero-order valence-electron chi connectivity index (χ0n) is 23.4. The van der Waals surface area contributed by atoms with E-state index in [-0.39, 0.29) is 48.5 Å². The summed E-state index contributed by atoms with van der Waals surface area (Å²) < 4.78 is 72.3. The Labute approximate surface area is 247 Å². The molecule has 0 aromatic heterocycles. The number of nitrogens with one attached hydrogen (secondary N) is 2. The molecule has 3 N–H and O–H groups in total. The Morgan fingerprint density at radius 2 is 1.69 bits per heavy atom. The van der Waals surface area contributed by atoms with Gasteiger partial charge in [0.1, 0.15) is 36.6 Å². The molecular weight excluding hydrogens is 584 g/mol. The van der Waals surface area contributed by atoms with E-state index < -0.39 is 47.2 Å². The summed E-state index contributed by atoms with van der Waals surface area (Å²) in [7, 11) is 0.890. The number of carbonyl (C=O) groups is 2. The van der Waals surface area contributed by atoms with E-state index in [9.17, 15) is 32.3 Å². The number of methoxy groups -OCH3 is 1. The molecule has 0 spiro atoms. The minimum absolute atomic E-state index is 0. The number of dihydropyridines is 1. The molecule has 0 fully saturated rings. The molecule has 2 atom stereocenters. The third-order valence-electron chi connectivity index (χ3n) is 6.19. The summed E-state index contributed by atoms with van der Waals surface area (Å²) in [6.07, 6.45) is -5.75. The lowest BCUT2D eigenvalue weighted by Crippen LogP contribution is -2.38. The fourth-order valence-electron chi connectivity index (χ4n) is 4.20. The van der Waals surface area contributed by atoms with Crippen LogP contribution in [0.4, 0.5) is 17.6 Å². The molecule has 0 saturated heterocycles.